The van der Waals surface area contributed by atoms with E-state index in [1.807, 2.05) is 6.92 Å². The molecule has 0 fully saturated rings. The van der Waals surface area contributed by atoms with Crippen molar-refractivity contribution in [3.8, 4) is 0 Å². The highest BCUT2D eigenvalue weighted by Gasteiger charge is 2.24. The Bertz CT molecular complexity index is 561. The fourth-order valence-corrected chi connectivity index (χ4v) is 2.70. The van der Waals surface area contributed by atoms with Gasteiger partial charge in [0.2, 0.25) is 0 Å². The molecule has 100 valence electrons. The summed E-state index contributed by atoms with van der Waals surface area (Å²) in [5.74, 6) is 1.29. The molecular weight excluding hydrogens is 232 g/mol. The minimum Gasteiger partial charge on any atom is -0.488 e. The van der Waals surface area contributed by atoms with E-state index in [9.17, 15) is 0 Å². The third kappa shape index (κ3) is 2.51. The fraction of sp³-hybridized carbons (Fsp3) is 0.333. The molecule has 1 atom stereocenters. The predicted molar refractivity (Wildman–Crippen MR) is 80.9 cm³/mol. The molecule has 1 heteroatoms. The molecule has 0 aromatic heterocycles. The van der Waals surface area contributed by atoms with E-state index in [0.29, 0.717) is 12.5 Å². The van der Waals surface area contributed by atoms with E-state index in [0.717, 1.165) is 11.3 Å². The summed E-state index contributed by atoms with van der Waals surface area (Å²) in [7, 11) is 0. The number of hydrogen-bond donors (Lipinski definition) is 0. The Labute approximate surface area is 116 Å². The summed E-state index contributed by atoms with van der Waals surface area (Å²) in [6.07, 6.45) is 2.14. The van der Waals surface area contributed by atoms with Gasteiger partial charge in [-0.05, 0) is 43.0 Å². The van der Waals surface area contributed by atoms with Gasteiger partial charge in [0.1, 0.15) is 12.4 Å². The van der Waals surface area contributed by atoms with Gasteiger partial charge in [-0.15, -0.1) is 0 Å². The first kappa shape index (κ1) is 13.7. The van der Waals surface area contributed by atoms with E-state index in [1.165, 1.54) is 22.3 Å². The number of allylic oxidation sites excluding steroid dienone is 4. The monoisotopic (exact) mass is 254 g/mol. The second kappa shape index (κ2) is 5.48. The third-order valence-corrected chi connectivity index (χ3v) is 3.82. The molecule has 1 nitrogen and oxygen atoms in total. The van der Waals surface area contributed by atoms with E-state index in [2.05, 4.69) is 57.7 Å². The first-order chi connectivity index (χ1) is 9.06. The van der Waals surface area contributed by atoms with Crippen LogP contribution in [0.1, 0.15) is 44.7 Å². The van der Waals surface area contributed by atoms with Crippen LogP contribution in [-0.2, 0) is 11.3 Å². The lowest BCUT2D eigenvalue weighted by Crippen LogP contribution is -2.04. The standard InChI is InChI=1S/C18H22O/c1-6-13(4)17-14(5)16-10-8-7-9-15(16)11-19-18(17)12(2)3/h6-10,14H,2,11H2,1,3-5H3/b13-6-. The minimum absolute atomic E-state index is 0.335. The highest BCUT2D eigenvalue weighted by Crippen LogP contribution is 2.38. The van der Waals surface area contributed by atoms with E-state index >= 15 is 0 Å². The van der Waals surface area contributed by atoms with Crippen LogP contribution in [0.25, 0.3) is 0 Å². The van der Waals surface area contributed by atoms with Crippen molar-refractivity contribution < 1.29 is 4.74 Å². The molecule has 0 saturated carbocycles. The van der Waals surface area contributed by atoms with Gasteiger partial charge in [0, 0.05) is 11.5 Å². The molecule has 0 saturated heterocycles. The molecule has 0 spiro atoms. The summed E-state index contributed by atoms with van der Waals surface area (Å²) >= 11 is 0. The van der Waals surface area contributed by atoms with Crippen LogP contribution >= 0.6 is 0 Å². The van der Waals surface area contributed by atoms with E-state index in [1.54, 1.807) is 0 Å². The molecule has 0 radical (unpaired) electrons. The van der Waals surface area contributed by atoms with Crippen LogP contribution in [0.3, 0.4) is 0 Å². The van der Waals surface area contributed by atoms with Crippen molar-refractivity contribution in [3.05, 3.63) is 70.5 Å². The first-order valence-electron chi connectivity index (χ1n) is 6.80. The van der Waals surface area contributed by atoms with Crippen molar-refractivity contribution in [2.75, 3.05) is 0 Å². The zero-order valence-electron chi connectivity index (χ0n) is 12.3. The average molecular weight is 254 g/mol. The normalized spacial score (nSPS) is 19.6. The largest absolute Gasteiger partial charge is 0.488 e. The van der Waals surface area contributed by atoms with Gasteiger partial charge in [-0.25, -0.2) is 0 Å². The third-order valence-electron chi connectivity index (χ3n) is 3.82. The number of fused-ring (bicyclic) bond motifs is 1. The van der Waals surface area contributed by atoms with Crippen molar-refractivity contribution in [3.63, 3.8) is 0 Å². The maximum Gasteiger partial charge on any atom is 0.126 e. The molecule has 0 N–H and O–H groups in total. The molecule has 0 aliphatic carbocycles. The molecule has 19 heavy (non-hydrogen) atoms. The second-order valence-corrected chi connectivity index (χ2v) is 5.20. The molecular formula is C18H22O. The molecule has 1 aliphatic heterocycles. The highest BCUT2D eigenvalue weighted by atomic mass is 16.5. The Morgan fingerprint density at radius 3 is 2.63 bits per heavy atom. The Balaban J connectivity index is 2.63. The van der Waals surface area contributed by atoms with Crippen LogP contribution in [0, 0.1) is 0 Å². The van der Waals surface area contributed by atoms with Gasteiger partial charge in [-0.1, -0.05) is 43.8 Å². The van der Waals surface area contributed by atoms with Crippen molar-refractivity contribution >= 4 is 0 Å². The van der Waals surface area contributed by atoms with Gasteiger partial charge in [0.15, 0.2) is 0 Å². The lowest BCUT2D eigenvalue weighted by Gasteiger charge is -2.19. The molecule has 1 unspecified atom stereocenters. The zero-order valence-corrected chi connectivity index (χ0v) is 12.3. The molecule has 1 aliphatic rings. The Morgan fingerprint density at radius 1 is 1.32 bits per heavy atom. The van der Waals surface area contributed by atoms with Gasteiger partial charge in [-0.2, -0.15) is 0 Å². The van der Waals surface area contributed by atoms with Crippen molar-refractivity contribution in [1.29, 1.82) is 0 Å². The number of ether oxygens (including phenoxy) is 1. The van der Waals surface area contributed by atoms with E-state index in [-0.39, 0.29) is 0 Å². The van der Waals surface area contributed by atoms with Crippen LogP contribution in [0.15, 0.2) is 59.4 Å². The first-order valence-corrected chi connectivity index (χ1v) is 6.80. The Kier molecular flexibility index (Phi) is 3.94. The molecule has 0 amide bonds. The summed E-state index contributed by atoms with van der Waals surface area (Å²) in [6.45, 7) is 13.2. The van der Waals surface area contributed by atoms with Crippen LogP contribution in [0.5, 0.6) is 0 Å². The van der Waals surface area contributed by atoms with Gasteiger partial charge in [0.05, 0.1) is 0 Å². The summed E-state index contributed by atoms with van der Waals surface area (Å²) in [6, 6.07) is 8.52. The minimum atomic E-state index is 0.335. The average Bonchev–Trinajstić information content (AvgIpc) is 2.56. The van der Waals surface area contributed by atoms with Crippen LogP contribution in [-0.4, -0.2) is 0 Å². The SMILES string of the molecule is C=C(C)C1=C(/C(C)=C\C)C(C)c2ccccc2CO1. The molecule has 1 aromatic carbocycles. The van der Waals surface area contributed by atoms with Crippen LogP contribution in [0.2, 0.25) is 0 Å². The quantitative estimate of drug-likeness (QED) is 0.712. The molecule has 1 aromatic rings. The molecule has 0 bridgehead atoms. The van der Waals surface area contributed by atoms with Crippen LogP contribution in [0.4, 0.5) is 0 Å². The lowest BCUT2D eigenvalue weighted by molar-refractivity contribution is 0.206. The van der Waals surface area contributed by atoms with Gasteiger partial charge < -0.3 is 4.74 Å². The van der Waals surface area contributed by atoms with Crippen molar-refractivity contribution in [1.82, 2.24) is 0 Å². The summed E-state index contributed by atoms with van der Waals surface area (Å²) in [5.41, 5.74) is 6.15. The smallest absolute Gasteiger partial charge is 0.126 e. The topological polar surface area (TPSA) is 9.23 Å². The van der Waals surface area contributed by atoms with Crippen molar-refractivity contribution in [2.24, 2.45) is 0 Å². The Hall–Kier alpha value is -1.76. The van der Waals surface area contributed by atoms with Crippen LogP contribution < -0.4 is 0 Å². The Morgan fingerprint density at radius 2 is 2.00 bits per heavy atom. The number of hydrogen-bond acceptors (Lipinski definition) is 1. The number of rotatable bonds is 2. The maximum absolute atomic E-state index is 6.04. The van der Waals surface area contributed by atoms with Gasteiger partial charge in [0.25, 0.3) is 0 Å². The zero-order chi connectivity index (χ0) is 14.0. The van der Waals surface area contributed by atoms with E-state index in [4.69, 9.17) is 4.74 Å². The highest BCUT2D eigenvalue weighted by molar-refractivity contribution is 5.49. The number of benzene rings is 1. The fourth-order valence-electron chi connectivity index (χ4n) is 2.70. The molecule has 1 heterocycles. The summed E-state index contributed by atoms with van der Waals surface area (Å²) < 4.78 is 6.04. The van der Waals surface area contributed by atoms with Gasteiger partial charge in [-0.3, -0.25) is 0 Å². The lowest BCUT2D eigenvalue weighted by atomic mass is 9.85. The summed E-state index contributed by atoms with van der Waals surface area (Å²) in [5, 5.41) is 0. The van der Waals surface area contributed by atoms with Crippen molar-refractivity contribution in [2.45, 2.75) is 40.2 Å². The molecule has 2 rings (SSSR count). The van der Waals surface area contributed by atoms with E-state index < -0.39 is 0 Å². The summed E-state index contributed by atoms with van der Waals surface area (Å²) in [4.78, 5) is 0. The van der Waals surface area contributed by atoms with Gasteiger partial charge >= 0.3 is 0 Å². The second-order valence-electron chi connectivity index (χ2n) is 5.20. The predicted octanol–water partition coefficient (Wildman–Crippen LogP) is 5.12. The maximum atomic E-state index is 6.04.